The van der Waals surface area contributed by atoms with E-state index in [1.54, 1.807) is 32.4 Å². The van der Waals surface area contributed by atoms with Crippen LogP contribution in [0.4, 0.5) is 0 Å². The van der Waals surface area contributed by atoms with Gasteiger partial charge in [-0.1, -0.05) is 29.8 Å². The molecule has 0 fully saturated rings. The van der Waals surface area contributed by atoms with E-state index in [-0.39, 0.29) is 12.3 Å². The maximum atomic E-state index is 12.1. The predicted molar refractivity (Wildman–Crippen MR) is 86.5 cm³/mol. The lowest BCUT2D eigenvalue weighted by Crippen LogP contribution is -2.25. The number of hydrogen-bond donors (Lipinski definition) is 1. The minimum Gasteiger partial charge on any atom is -0.496 e. The van der Waals surface area contributed by atoms with Gasteiger partial charge in [-0.3, -0.25) is 4.79 Å². The third kappa shape index (κ3) is 4.15. The Kier molecular flexibility index (Phi) is 5.67. The lowest BCUT2D eigenvalue weighted by atomic mass is 10.1. The molecule has 0 aromatic heterocycles. The molecule has 0 bridgehead atoms. The summed E-state index contributed by atoms with van der Waals surface area (Å²) in [7, 11) is 3.18. The topological polar surface area (TPSA) is 47.6 Å². The van der Waals surface area contributed by atoms with Crippen LogP contribution < -0.4 is 14.8 Å². The summed E-state index contributed by atoms with van der Waals surface area (Å²) >= 11 is 5.97. The van der Waals surface area contributed by atoms with E-state index in [1.165, 1.54) is 0 Å². The van der Waals surface area contributed by atoms with Crippen molar-refractivity contribution in [1.29, 1.82) is 0 Å². The van der Waals surface area contributed by atoms with Crippen LogP contribution >= 0.6 is 11.6 Å². The van der Waals surface area contributed by atoms with Gasteiger partial charge in [0.2, 0.25) is 5.91 Å². The lowest BCUT2D eigenvalue weighted by Gasteiger charge is -2.11. The first-order valence-electron chi connectivity index (χ1n) is 6.85. The van der Waals surface area contributed by atoms with Crippen LogP contribution in [-0.2, 0) is 17.8 Å². The van der Waals surface area contributed by atoms with Crippen molar-refractivity contribution in [3.05, 3.63) is 58.6 Å². The second kappa shape index (κ2) is 7.71. The van der Waals surface area contributed by atoms with Crippen molar-refractivity contribution >= 4 is 17.5 Å². The Morgan fingerprint density at radius 1 is 1.05 bits per heavy atom. The summed E-state index contributed by atoms with van der Waals surface area (Å²) < 4.78 is 10.5. The van der Waals surface area contributed by atoms with Gasteiger partial charge in [0, 0.05) is 22.7 Å². The fourth-order valence-electron chi connectivity index (χ4n) is 2.16. The molecule has 1 amide bonds. The van der Waals surface area contributed by atoms with E-state index >= 15 is 0 Å². The molecule has 0 radical (unpaired) electrons. The van der Waals surface area contributed by atoms with Crippen molar-refractivity contribution in [3.8, 4) is 11.5 Å². The van der Waals surface area contributed by atoms with Crippen molar-refractivity contribution < 1.29 is 14.3 Å². The summed E-state index contributed by atoms with van der Waals surface area (Å²) in [4.78, 5) is 12.1. The molecule has 0 unspecified atom stereocenters. The Balaban J connectivity index is 2.00. The molecule has 2 aromatic rings. The Bertz CT molecular complexity index is 658. The first-order chi connectivity index (χ1) is 10.6. The van der Waals surface area contributed by atoms with Crippen molar-refractivity contribution in [2.75, 3.05) is 14.2 Å². The molecule has 22 heavy (non-hydrogen) atoms. The number of amides is 1. The number of carbonyl (C=O) groups excluding carboxylic acids is 1. The molecule has 0 atom stereocenters. The third-order valence-corrected chi connectivity index (χ3v) is 3.50. The number of nitrogens with one attached hydrogen (secondary N) is 1. The highest BCUT2D eigenvalue weighted by molar-refractivity contribution is 6.30. The summed E-state index contributed by atoms with van der Waals surface area (Å²) in [5, 5.41) is 3.45. The first kappa shape index (κ1) is 16.2. The van der Waals surface area contributed by atoms with Crippen molar-refractivity contribution in [1.82, 2.24) is 5.32 Å². The zero-order valence-corrected chi connectivity index (χ0v) is 13.3. The number of rotatable bonds is 6. The number of methoxy groups -OCH3 is 2. The van der Waals surface area contributed by atoms with E-state index in [9.17, 15) is 4.79 Å². The lowest BCUT2D eigenvalue weighted by molar-refractivity contribution is -0.120. The third-order valence-electron chi connectivity index (χ3n) is 3.26. The molecule has 5 heteroatoms. The van der Waals surface area contributed by atoms with Crippen LogP contribution in [-0.4, -0.2) is 20.1 Å². The minimum absolute atomic E-state index is 0.105. The maximum absolute atomic E-state index is 12.1. The van der Waals surface area contributed by atoms with Crippen molar-refractivity contribution in [2.24, 2.45) is 0 Å². The Morgan fingerprint density at radius 2 is 1.73 bits per heavy atom. The number of para-hydroxylation sites is 1. The van der Waals surface area contributed by atoms with E-state index in [1.807, 2.05) is 24.3 Å². The average Bonchev–Trinajstić information content (AvgIpc) is 2.53. The highest BCUT2D eigenvalue weighted by Gasteiger charge is 2.10. The highest BCUT2D eigenvalue weighted by Crippen LogP contribution is 2.23. The molecule has 0 aliphatic rings. The summed E-state index contributed by atoms with van der Waals surface area (Å²) in [6.45, 7) is 0.408. The monoisotopic (exact) mass is 319 g/mol. The van der Waals surface area contributed by atoms with Crippen molar-refractivity contribution in [2.45, 2.75) is 13.0 Å². The fourth-order valence-corrected chi connectivity index (χ4v) is 2.36. The van der Waals surface area contributed by atoms with Gasteiger partial charge in [-0.15, -0.1) is 0 Å². The molecule has 116 valence electrons. The summed E-state index contributed by atoms with van der Waals surface area (Å²) in [5.41, 5.74) is 1.68. The van der Waals surface area contributed by atoms with Gasteiger partial charge in [-0.25, -0.2) is 0 Å². The second-order valence-corrected chi connectivity index (χ2v) is 5.16. The molecule has 0 saturated heterocycles. The molecule has 0 aliphatic carbocycles. The summed E-state index contributed by atoms with van der Waals surface area (Å²) in [6.07, 6.45) is 0.207. The van der Waals surface area contributed by atoms with Gasteiger partial charge in [0.05, 0.1) is 20.6 Å². The number of carbonyl (C=O) groups is 1. The maximum Gasteiger partial charge on any atom is 0.224 e. The number of ether oxygens (including phenoxy) is 2. The van der Waals surface area contributed by atoms with E-state index in [0.29, 0.717) is 17.3 Å². The number of hydrogen-bond acceptors (Lipinski definition) is 3. The molecule has 0 heterocycles. The molecule has 0 spiro atoms. The Labute approximate surface area is 135 Å². The quantitative estimate of drug-likeness (QED) is 0.889. The van der Waals surface area contributed by atoms with Crippen LogP contribution in [0.2, 0.25) is 5.02 Å². The van der Waals surface area contributed by atoms with Crippen LogP contribution in [0.1, 0.15) is 11.1 Å². The fraction of sp³-hybridized carbons (Fsp3) is 0.235. The van der Waals surface area contributed by atoms with Crippen LogP contribution in [0, 0.1) is 0 Å². The van der Waals surface area contributed by atoms with Crippen LogP contribution in [0.3, 0.4) is 0 Å². The van der Waals surface area contributed by atoms with Gasteiger partial charge < -0.3 is 14.8 Å². The van der Waals surface area contributed by atoms with Gasteiger partial charge in [-0.2, -0.15) is 0 Å². The number of benzene rings is 2. The van der Waals surface area contributed by atoms with E-state index < -0.39 is 0 Å². The number of halogens is 1. The molecule has 4 nitrogen and oxygen atoms in total. The van der Waals surface area contributed by atoms with Gasteiger partial charge in [0.15, 0.2) is 0 Å². The van der Waals surface area contributed by atoms with Gasteiger partial charge in [0.25, 0.3) is 0 Å². The summed E-state index contributed by atoms with van der Waals surface area (Å²) in [6, 6.07) is 12.8. The molecule has 0 saturated carbocycles. The van der Waals surface area contributed by atoms with Gasteiger partial charge in [0.1, 0.15) is 11.5 Å². The molecule has 0 aliphatic heterocycles. The van der Waals surface area contributed by atoms with E-state index in [2.05, 4.69) is 5.32 Å². The SMILES string of the molecule is COc1ccccc1CNC(=O)Cc1cc(Cl)ccc1OC. The summed E-state index contributed by atoms with van der Waals surface area (Å²) in [5.74, 6) is 1.30. The highest BCUT2D eigenvalue weighted by atomic mass is 35.5. The zero-order chi connectivity index (χ0) is 15.9. The van der Waals surface area contributed by atoms with Gasteiger partial charge in [-0.05, 0) is 24.3 Å². The molecule has 1 N–H and O–H groups in total. The Hall–Kier alpha value is -2.20. The zero-order valence-electron chi connectivity index (χ0n) is 12.6. The molecular weight excluding hydrogens is 302 g/mol. The van der Waals surface area contributed by atoms with E-state index in [4.69, 9.17) is 21.1 Å². The van der Waals surface area contributed by atoms with Crippen LogP contribution in [0.5, 0.6) is 11.5 Å². The smallest absolute Gasteiger partial charge is 0.224 e. The Morgan fingerprint density at radius 3 is 2.45 bits per heavy atom. The van der Waals surface area contributed by atoms with Gasteiger partial charge >= 0.3 is 0 Å². The standard InChI is InChI=1S/C17H18ClNO3/c1-21-15-6-4-3-5-12(15)11-19-17(20)10-13-9-14(18)7-8-16(13)22-2/h3-9H,10-11H2,1-2H3,(H,19,20). The molecular formula is C17H18ClNO3. The first-order valence-corrected chi connectivity index (χ1v) is 7.23. The predicted octanol–water partition coefficient (Wildman–Crippen LogP) is 3.22. The van der Waals surface area contributed by atoms with Crippen molar-refractivity contribution in [3.63, 3.8) is 0 Å². The molecule has 2 aromatic carbocycles. The second-order valence-electron chi connectivity index (χ2n) is 4.72. The van der Waals surface area contributed by atoms with Crippen LogP contribution in [0.25, 0.3) is 0 Å². The van der Waals surface area contributed by atoms with Crippen LogP contribution in [0.15, 0.2) is 42.5 Å². The van der Waals surface area contributed by atoms with E-state index in [0.717, 1.165) is 16.9 Å². The minimum atomic E-state index is -0.105. The average molecular weight is 320 g/mol. The molecule has 2 rings (SSSR count). The largest absolute Gasteiger partial charge is 0.496 e. The normalized spacial score (nSPS) is 10.1.